The van der Waals surface area contributed by atoms with Crippen LogP contribution in [-0.4, -0.2) is 35.4 Å². The number of hydrogen-bond donors (Lipinski definition) is 1. The van der Waals surface area contributed by atoms with Gasteiger partial charge in [-0.1, -0.05) is 106 Å². The van der Waals surface area contributed by atoms with Gasteiger partial charge in [0, 0.05) is 24.0 Å². The maximum Gasteiger partial charge on any atom is 0.261 e. The lowest BCUT2D eigenvalue weighted by Gasteiger charge is -2.32. The monoisotopic (exact) mass is 546 g/mol. The van der Waals surface area contributed by atoms with Crippen LogP contribution < -0.4 is 10.1 Å². The van der Waals surface area contributed by atoms with Crippen molar-refractivity contribution in [3.05, 3.63) is 101 Å². The van der Waals surface area contributed by atoms with E-state index in [1.807, 2.05) is 72.8 Å². The first kappa shape index (κ1) is 28.7. The summed E-state index contributed by atoms with van der Waals surface area (Å²) in [5.41, 5.74) is 2.98. The molecule has 5 nitrogen and oxygen atoms in total. The van der Waals surface area contributed by atoms with Crippen LogP contribution in [0.15, 0.2) is 78.9 Å². The summed E-state index contributed by atoms with van der Waals surface area (Å²) < 4.78 is 5.94. The minimum absolute atomic E-state index is 0.0252. The Hall–Kier alpha value is -3.31. The van der Waals surface area contributed by atoms with Crippen LogP contribution in [0, 0.1) is 0 Å². The summed E-state index contributed by atoms with van der Waals surface area (Å²) in [6.07, 6.45) is 4.55. The molecule has 0 radical (unpaired) electrons. The van der Waals surface area contributed by atoms with E-state index in [0.29, 0.717) is 17.2 Å². The molecule has 39 heavy (non-hydrogen) atoms. The molecule has 0 saturated heterocycles. The zero-order valence-corrected chi connectivity index (χ0v) is 23.9. The molecule has 2 amide bonds. The number of ether oxygens (including phenoxy) is 1. The van der Waals surface area contributed by atoms with Gasteiger partial charge in [-0.15, -0.1) is 0 Å². The van der Waals surface area contributed by atoms with Crippen molar-refractivity contribution in [1.82, 2.24) is 10.2 Å². The standard InChI is InChI=1S/C33H39ClN2O3/c1-33(2,3)26-17-19-28(20-18-26)39-23-31(37)36(22-25-13-7-10-16-29(25)34)30(21-24-11-5-4-6-12-24)32(38)35-27-14-8-9-15-27/h4-7,10-13,16-20,27,30H,8-9,14-15,21-23H2,1-3H3,(H,35,38). The van der Waals surface area contributed by atoms with Gasteiger partial charge in [0.05, 0.1) is 0 Å². The molecule has 6 heteroatoms. The van der Waals surface area contributed by atoms with Gasteiger partial charge in [0.15, 0.2) is 6.61 Å². The van der Waals surface area contributed by atoms with Gasteiger partial charge in [-0.25, -0.2) is 0 Å². The molecule has 0 spiro atoms. The number of nitrogens with one attached hydrogen (secondary N) is 1. The van der Waals surface area contributed by atoms with E-state index in [-0.39, 0.29) is 36.4 Å². The third-order valence-corrected chi connectivity index (χ3v) is 7.72. The van der Waals surface area contributed by atoms with E-state index < -0.39 is 6.04 Å². The van der Waals surface area contributed by atoms with E-state index >= 15 is 0 Å². The first-order valence-electron chi connectivity index (χ1n) is 13.8. The first-order valence-corrected chi connectivity index (χ1v) is 14.2. The third-order valence-electron chi connectivity index (χ3n) is 7.35. The Bertz CT molecular complexity index is 1230. The van der Waals surface area contributed by atoms with Gasteiger partial charge in [-0.2, -0.15) is 0 Å². The van der Waals surface area contributed by atoms with Gasteiger partial charge in [0.25, 0.3) is 5.91 Å². The van der Waals surface area contributed by atoms with Crippen LogP contribution in [0.3, 0.4) is 0 Å². The lowest BCUT2D eigenvalue weighted by Crippen LogP contribution is -2.53. The van der Waals surface area contributed by atoms with Crippen molar-refractivity contribution in [3.8, 4) is 5.75 Å². The summed E-state index contributed by atoms with van der Waals surface area (Å²) in [6.45, 7) is 6.50. The molecule has 206 valence electrons. The van der Waals surface area contributed by atoms with Gasteiger partial charge in [-0.3, -0.25) is 9.59 Å². The summed E-state index contributed by atoms with van der Waals surface area (Å²) in [5, 5.41) is 3.78. The smallest absolute Gasteiger partial charge is 0.261 e. The Morgan fingerprint density at radius 1 is 0.949 bits per heavy atom. The van der Waals surface area contributed by atoms with Crippen molar-refractivity contribution in [2.24, 2.45) is 0 Å². The molecule has 0 heterocycles. The molecule has 1 aliphatic rings. The Labute approximate surface area is 237 Å². The van der Waals surface area contributed by atoms with Gasteiger partial charge >= 0.3 is 0 Å². The van der Waals surface area contributed by atoms with E-state index in [9.17, 15) is 9.59 Å². The molecule has 1 atom stereocenters. The van der Waals surface area contributed by atoms with Gasteiger partial charge in [0.2, 0.25) is 5.91 Å². The van der Waals surface area contributed by atoms with Crippen molar-refractivity contribution < 1.29 is 14.3 Å². The summed E-state index contributed by atoms with van der Waals surface area (Å²) in [7, 11) is 0. The number of carbonyl (C=O) groups is 2. The lowest BCUT2D eigenvalue weighted by molar-refractivity contribution is -0.143. The predicted molar refractivity (Wildman–Crippen MR) is 157 cm³/mol. The highest BCUT2D eigenvalue weighted by molar-refractivity contribution is 6.31. The average Bonchev–Trinajstić information content (AvgIpc) is 3.43. The molecule has 0 bridgehead atoms. The Kier molecular flexibility index (Phi) is 9.68. The minimum atomic E-state index is -0.705. The molecule has 1 N–H and O–H groups in total. The van der Waals surface area contributed by atoms with E-state index in [0.717, 1.165) is 36.8 Å². The molecule has 4 rings (SSSR count). The fourth-order valence-corrected chi connectivity index (χ4v) is 5.21. The summed E-state index contributed by atoms with van der Waals surface area (Å²) in [5.74, 6) is 0.210. The fraction of sp³-hybridized carbons (Fsp3) is 0.394. The van der Waals surface area contributed by atoms with Crippen molar-refractivity contribution in [3.63, 3.8) is 0 Å². The number of hydrogen-bond acceptors (Lipinski definition) is 3. The van der Waals surface area contributed by atoms with Crippen LogP contribution in [0.4, 0.5) is 0 Å². The Balaban J connectivity index is 1.59. The zero-order valence-electron chi connectivity index (χ0n) is 23.2. The molecule has 3 aromatic rings. The molecule has 3 aromatic carbocycles. The zero-order chi connectivity index (χ0) is 27.8. The average molecular weight is 547 g/mol. The van der Waals surface area contributed by atoms with Gasteiger partial charge in [0.1, 0.15) is 11.8 Å². The Morgan fingerprint density at radius 3 is 2.23 bits per heavy atom. The van der Waals surface area contributed by atoms with E-state index in [1.165, 1.54) is 5.56 Å². The van der Waals surface area contributed by atoms with Crippen molar-refractivity contribution >= 4 is 23.4 Å². The molecule has 0 aromatic heterocycles. The Morgan fingerprint density at radius 2 is 1.59 bits per heavy atom. The summed E-state index contributed by atoms with van der Waals surface area (Å²) in [6, 6.07) is 24.5. The maximum atomic E-state index is 13.8. The largest absolute Gasteiger partial charge is 0.484 e. The first-order chi connectivity index (χ1) is 18.7. The highest BCUT2D eigenvalue weighted by atomic mass is 35.5. The summed E-state index contributed by atoms with van der Waals surface area (Å²) >= 11 is 6.51. The highest BCUT2D eigenvalue weighted by Crippen LogP contribution is 2.25. The molecule has 1 saturated carbocycles. The van der Waals surface area contributed by atoms with Crippen molar-refractivity contribution in [1.29, 1.82) is 0 Å². The van der Waals surface area contributed by atoms with E-state index in [4.69, 9.17) is 16.3 Å². The second-order valence-electron chi connectivity index (χ2n) is 11.4. The second-order valence-corrected chi connectivity index (χ2v) is 11.8. The van der Waals surface area contributed by atoms with Crippen LogP contribution in [0.1, 0.15) is 63.1 Å². The maximum absolute atomic E-state index is 13.8. The summed E-state index contributed by atoms with van der Waals surface area (Å²) in [4.78, 5) is 29.2. The lowest BCUT2D eigenvalue weighted by atomic mass is 9.87. The molecule has 1 aliphatic carbocycles. The fourth-order valence-electron chi connectivity index (χ4n) is 5.01. The van der Waals surface area contributed by atoms with Crippen LogP contribution in [0.2, 0.25) is 5.02 Å². The van der Waals surface area contributed by atoms with E-state index in [1.54, 1.807) is 11.0 Å². The van der Waals surface area contributed by atoms with Gasteiger partial charge < -0.3 is 15.0 Å². The number of nitrogens with zero attached hydrogens (tertiary/aromatic N) is 1. The minimum Gasteiger partial charge on any atom is -0.484 e. The SMILES string of the molecule is CC(C)(C)c1ccc(OCC(=O)N(Cc2ccccc2Cl)C(Cc2ccccc2)C(=O)NC2CCCC2)cc1. The number of amides is 2. The second kappa shape index (κ2) is 13.2. The van der Waals surface area contributed by atoms with Crippen molar-refractivity contribution in [2.75, 3.05) is 6.61 Å². The molecular formula is C33H39ClN2O3. The number of halogens is 1. The van der Waals surface area contributed by atoms with Crippen molar-refractivity contribution in [2.45, 2.75) is 76.9 Å². The third kappa shape index (κ3) is 8.09. The molecular weight excluding hydrogens is 508 g/mol. The normalized spacial score (nSPS) is 14.6. The quantitative estimate of drug-likeness (QED) is 0.307. The van der Waals surface area contributed by atoms with Crippen LogP contribution in [0.5, 0.6) is 5.75 Å². The van der Waals surface area contributed by atoms with Crippen LogP contribution in [-0.2, 0) is 28.0 Å². The molecule has 1 fully saturated rings. The van der Waals surface area contributed by atoms with Crippen LogP contribution >= 0.6 is 11.6 Å². The molecule has 0 aliphatic heterocycles. The predicted octanol–water partition coefficient (Wildman–Crippen LogP) is 6.72. The number of rotatable bonds is 10. The topological polar surface area (TPSA) is 58.6 Å². The molecule has 1 unspecified atom stereocenters. The van der Waals surface area contributed by atoms with Crippen LogP contribution in [0.25, 0.3) is 0 Å². The van der Waals surface area contributed by atoms with E-state index in [2.05, 4.69) is 26.1 Å². The number of benzene rings is 3. The highest BCUT2D eigenvalue weighted by Gasteiger charge is 2.32. The number of carbonyl (C=O) groups excluding carboxylic acids is 2. The van der Waals surface area contributed by atoms with Gasteiger partial charge in [-0.05, 0) is 53.1 Å².